The van der Waals surface area contributed by atoms with Crippen molar-refractivity contribution in [1.82, 2.24) is 15.3 Å². The molecular formula is C21H28N4O2S. The quantitative estimate of drug-likeness (QED) is 0.580. The lowest BCUT2D eigenvalue weighted by molar-refractivity contribution is 0.0922. The SMILES string of the molecule is CC(C)(C)c1cc(N2CCCC2)nc(SCc2ccc(C(=O)NC3CC3)o2)n1. The monoisotopic (exact) mass is 400 g/mol. The number of carbonyl (C=O) groups excluding carboxylic acids is 1. The van der Waals surface area contributed by atoms with Crippen LogP contribution in [0.5, 0.6) is 0 Å². The predicted octanol–water partition coefficient (Wildman–Crippen LogP) is 4.15. The summed E-state index contributed by atoms with van der Waals surface area (Å²) in [7, 11) is 0. The van der Waals surface area contributed by atoms with Crippen LogP contribution in [0, 0.1) is 0 Å². The van der Waals surface area contributed by atoms with Crippen molar-refractivity contribution in [3.05, 3.63) is 35.4 Å². The highest BCUT2D eigenvalue weighted by Gasteiger charge is 2.25. The molecule has 3 heterocycles. The van der Waals surface area contributed by atoms with Crippen LogP contribution in [-0.4, -0.2) is 35.0 Å². The fraction of sp³-hybridized carbons (Fsp3) is 0.571. The molecular weight excluding hydrogens is 372 g/mol. The topological polar surface area (TPSA) is 71.3 Å². The highest BCUT2D eigenvalue weighted by molar-refractivity contribution is 7.98. The predicted molar refractivity (Wildman–Crippen MR) is 111 cm³/mol. The minimum Gasteiger partial charge on any atom is -0.455 e. The van der Waals surface area contributed by atoms with Crippen molar-refractivity contribution in [1.29, 1.82) is 0 Å². The van der Waals surface area contributed by atoms with Gasteiger partial charge in [0, 0.05) is 30.6 Å². The van der Waals surface area contributed by atoms with E-state index < -0.39 is 0 Å². The number of thioether (sulfide) groups is 1. The lowest BCUT2D eigenvalue weighted by Gasteiger charge is -2.22. The zero-order valence-corrected chi connectivity index (χ0v) is 17.6. The first-order valence-electron chi connectivity index (χ1n) is 10.1. The third-order valence-electron chi connectivity index (χ3n) is 5.03. The van der Waals surface area contributed by atoms with Crippen molar-refractivity contribution in [3.8, 4) is 0 Å². The van der Waals surface area contributed by atoms with Gasteiger partial charge in [-0.1, -0.05) is 32.5 Å². The Morgan fingerprint density at radius 1 is 1.25 bits per heavy atom. The van der Waals surface area contributed by atoms with E-state index in [9.17, 15) is 4.79 Å². The van der Waals surface area contributed by atoms with Crippen molar-refractivity contribution in [2.24, 2.45) is 0 Å². The van der Waals surface area contributed by atoms with Gasteiger partial charge in [0.25, 0.3) is 5.91 Å². The fourth-order valence-electron chi connectivity index (χ4n) is 3.17. The van der Waals surface area contributed by atoms with Gasteiger partial charge in [0.2, 0.25) is 0 Å². The average molecular weight is 401 g/mol. The van der Waals surface area contributed by atoms with E-state index in [-0.39, 0.29) is 11.3 Å². The largest absolute Gasteiger partial charge is 0.455 e. The number of carbonyl (C=O) groups is 1. The van der Waals surface area contributed by atoms with Crippen LogP contribution in [0.25, 0.3) is 0 Å². The van der Waals surface area contributed by atoms with Gasteiger partial charge in [0.15, 0.2) is 10.9 Å². The van der Waals surface area contributed by atoms with Crippen molar-refractivity contribution in [2.75, 3.05) is 18.0 Å². The lowest BCUT2D eigenvalue weighted by atomic mass is 9.92. The molecule has 0 atom stereocenters. The van der Waals surface area contributed by atoms with E-state index in [0.29, 0.717) is 17.6 Å². The summed E-state index contributed by atoms with van der Waals surface area (Å²) in [5.41, 5.74) is 1.02. The summed E-state index contributed by atoms with van der Waals surface area (Å²) in [6.45, 7) is 8.64. The molecule has 1 N–H and O–H groups in total. The molecule has 4 rings (SSSR count). The number of hydrogen-bond acceptors (Lipinski definition) is 6. The highest BCUT2D eigenvalue weighted by atomic mass is 32.2. The zero-order chi connectivity index (χ0) is 19.7. The van der Waals surface area contributed by atoms with E-state index in [1.165, 1.54) is 12.8 Å². The molecule has 2 fully saturated rings. The normalized spacial score (nSPS) is 17.2. The van der Waals surface area contributed by atoms with Gasteiger partial charge in [0.1, 0.15) is 11.6 Å². The molecule has 1 amide bonds. The van der Waals surface area contributed by atoms with E-state index in [1.54, 1.807) is 17.8 Å². The van der Waals surface area contributed by atoms with Crippen LogP contribution in [0.1, 0.15) is 68.5 Å². The van der Waals surface area contributed by atoms with Crippen LogP contribution in [0.4, 0.5) is 5.82 Å². The second kappa shape index (κ2) is 7.78. The minimum absolute atomic E-state index is 0.0362. The van der Waals surface area contributed by atoms with E-state index in [1.807, 2.05) is 6.07 Å². The van der Waals surface area contributed by atoms with Gasteiger partial charge >= 0.3 is 0 Å². The van der Waals surface area contributed by atoms with Gasteiger partial charge in [0.05, 0.1) is 11.4 Å². The van der Waals surface area contributed by atoms with Crippen molar-refractivity contribution in [3.63, 3.8) is 0 Å². The van der Waals surface area contributed by atoms with Crippen LogP contribution < -0.4 is 10.2 Å². The Bertz CT molecular complexity index is 848. The second-order valence-corrected chi connectivity index (χ2v) is 9.58. The summed E-state index contributed by atoms with van der Waals surface area (Å²) >= 11 is 1.55. The number of rotatable bonds is 6. The third kappa shape index (κ3) is 4.69. The summed E-state index contributed by atoms with van der Waals surface area (Å²) < 4.78 is 5.72. The van der Waals surface area contributed by atoms with E-state index in [4.69, 9.17) is 14.4 Å². The molecule has 1 saturated heterocycles. The number of nitrogens with zero attached hydrogens (tertiary/aromatic N) is 3. The summed E-state index contributed by atoms with van der Waals surface area (Å²) in [6, 6.07) is 6.07. The van der Waals surface area contributed by atoms with Gasteiger partial charge in [-0.3, -0.25) is 4.79 Å². The first-order valence-corrected chi connectivity index (χ1v) is 11.0. The molecule has 0 aromatic carbocycles. The Labute approximate surface area is 170 Å². The number of anilines is 1. The number of furan rings is 1. The van der Waals surface area contributed by atoms with Crippen LogP contribution in [0.3, 0.4) is 0 Å². The van der Waals surface area contributed by atoms with Crippen molar-refractivity contribution < 1.29 is 9.21 Å². The summed E-state index contributed by atoms with van der Waals surface area (Å²) in [5, 5.41) is 3.71. The highest BCUT2D eigenvalue weighted by Crippen LogP contribution is 2.30. The molecule has 0 radical (unpaired) electrons. The Morgan fingerprint density at radius 2 is 2.00 bits per heavy atom. The standard InChI is InChI=1S/C21H28N4O2S/c1-21(2,3)17-12-18(25-10-4-5-11-25)24-20(23-17)28-13-15-8-9-16(27-15)19(26)22-14-6-7-14/h8-9,12,14H,4-7,10-11,13H2,1-3H3,(H,22,26). The number of aromatic nitrogens is 2. The smallest absolute Gasteiger partial charge is 0.287 e. The Morgan fingerprint density at radius 3 is 2.68 bits per heavy atom. The Balaban J connectivity index is 1.47. The van der Waals surface area contributed by atoms with Gasteiger partial charge < -0.3 is 14.6 Å². The minimum atomic E-state index is -0.124. The molecule has 0 spiro atoms. The number of nitrogens with one attached hydrogen (secondary N) is 1. The molecule has 150 valence electrons. The number of amides is 1. The molecule has 2 aromatic heterocycles. The molecule has 2 aliphatic rings. The molecule has 28 heavy (non-hydrogen) atoms. The van der Waals surface area contributed by atoms with Crippen LogP contribution >= 0.6 is 11.8 Å². The maximum Gasteiger partial charge on any atom is 0.287 e. The molecule has 0 bridgehead atoms. The van der Waals surface area contributed by atoms with Crippen LogP contribution in [-0.2, 0) is 11.2 Å². The Kier molecular flexibility index (Phi) is 5.36. The number of hydrogen-bond donors (Lipinski definition) is 1. The molecule has 0 unspecified atom stereocenters. The lowest BCUT2D eigenvalue weighted by Crippen LogP contribution is -2.24. The summed E-state index contributed by atoms with van der Waals surface area (Å²) in [6.07, 6.45) is 4.57. The van der Waals surface area contributed by atoms with Crippen LogP contribution in [0.15, 0.2) is 27.8 Å². The molecule has 6 nitrogen and oxygen atoms in total. The molecule has 1 saturated carbocycles. The van der Waals surface area contributed by atoms with Crippen LogP contribution in [0.2, 0.25) is 0 Å². The maximum atomic E-state index is 12.1. The first-order chi connectivity index (χ1) is 13.4. The van der Waals surface area contributed by atoms with Crippen molar-refractivity contribution in [2.45, 2.75) is 68.8 Å². The third-order valence-corrected chi connectivity index (χ3v) is 5.90. The van der Waals surface area contributed by atoms with Gasteiger partial charge in [-0.2, -0.15) is 0 Å². The van der Waals surface area contributed by atoms with Gasteiger partial charge in [-0.25, -0.2) is 9.97 Å². The Hall–Kier alpha value is -2.02. The summed E-state index contributed by atoms with van der Waals surface area (Å²) in [5.74, 6) is 2.64. The molecule has 1 aliphatic carbocycles. The average Bonchev–Trinajstić information content (AvgIpc) is 3.14. The molecule has 2 aromatic rings. The van der Waals surface area contributed by atoms with Gasteiger partial charge in [-0.15, -0.1) is 0 Å². The first kappa shape index (κ1) is 19.3. The van der Waals surface area contributed by atoms with E-state index >= 15 is 0 Å². The van der Waals surface area contributed by atoms with Crippen molar-refractivity contribution >= 4 is 23.5 Å². The molecule has 7 heteroatoms. The zero-order valence-electron chi connectivity index (χ0n) is 16.8. The summed E-state index contributed by atoms with van der Waals surface area (Å²) in [4.78, 5) is 24.0. The van der Waals surface area contributed by atoms with E-state index in [2.05, 4.69) is 37.1 Å². The van der Waals surface area contributed by atoms with Gasteiger partial charge in [-0.05, 0) is 37.8 Å². The molecule has 1 aliphatic heterocycles. The van der Waals surface area contributed by atoms with E-state index in [0.717, 1.165) is 48.4 Å². The second-order valence-electron chi connectivity index (χ2n) is 8.64. The fourth-order valence-corrected chi connectivity index (χ4v) is 3.91. The maximum absolute atomic E-state index is 12.1.